The molecule has 0 unspecified atom stereocenters. The van der Waals surface area contributed by atoms with E-state index in [-0.39, 0.29) is 25.0 Å². The number of ether oxygens (including phenoxy) is 4. The molecule has 5 nitrogen and oxygen atoms in total. The van der Waals surface area contributed by atoms with Crippen molar-refractivity contribution in [3.63, 3.8) is 0 Å². The van der Waals surface area contributed by atoms with Crippen LogP contribution in [0.25, 0.3) is 0 Å². The molecule has 3 aliphatic heterocycles. The van der Waals surface area contributed by atoms with E-state index in [1.165, 1.54) is 30.5 Å². The molecule has 30 heavy (non-hydrogen) atoms. The first-order valence-corrected chi connectivity index (χ1v) is 10.4. The van der Waals surface area contributed by atoms with E-state index in [1.807, 2.05) is 30.3 Å². The lowest BCUT2D eigenvalue weighted by Gasteiger charge is -2.32. The van der Waals surface area contributed by atoms with E-state index in [9.17, 15) is 4.39 Å². The standard InChI is InChI=1S/C19H20FNO3.C4H8O.ClH/c20-15-3-1-13(2-4-15)17-7-8-21-10-14(17)11-22-16-5-6-18-19(9-16)24-12-23-18;1-2-4-5-3-1;/h1-6,9,14,17,21H,7-8,10-12H2;1-4H2;1H/t14-,17-;;/m0../s1. The van der Waals surface area contributed by atoms with E-state index in [0.29, 0.717) is 18.4 Å². The molecule has 3 aliphatic rings. The summed E-state index contributed by atoms with van der Waals surface area (Å²) in [4.78, 5) is 0. The van der Waals surface area contributed by atoms with Crippen LogP contribution < -0.4 is 19.5 Å². The molecule has 0 saturated carbocycles. The quantitative estimate of drug-likeness (QED) is 0.760. The summed E-state index contributed by atoms with van der Waals surface area (Å²) in [5, 5.41) is 3.43. The van der Waals surface area contributed by atoms with Crippen molar-refractivity contribution < 1.29 is 23.3 Å². The summed E-state index contributed by atoms with van der Waals surface area (Å²) in [7, 11) is 0. The Labute approximate surface area is 183 Å². The Morgan fingerprint density at radius 3 is 2.50 bits per heavy atom. The fourth-order valence-corrected chi connectivity index (χ4v) is 3.93. The maximum Gasteiger partial charge on any atom is 0.231 e. The Morgan fingerprint density at radius 2 is 1.77 bits per heavy atom. The van der Waals surface area contributed by atoms with Crippen LogP contribution in [0.3, 0.4) is 0 Å². The van der Waals surface area contributed by atoms with E-state index < -0.39 is 0 Å². The molecule has 2 saturated heterocycles. The van der Waals surface area contributed by atoms with Gasteiger partial charge in [-0.2, -0.15) is 0 Å². The maximum absolute atomic E-state index is 13.2. The molecule has 0 aliphatic carbocycles. The van der Waals surface area contributed by atoms with Gasteiger partial charge in [-0.1, -0.05) is 12.1 Å². The van der Waals surface area contributed by atoms with Gasteiger partial charge in [0.15, 0.2) is 11.5 Å². The minimum atomic E-state index is -0.194. The summed E-state index contributed by atoms with van der Waals surface area (Å²) in [5.74, 6) is 2.79. The molecule has 0 bridgehead atoms. The summed E-state index contributed by atoms with van der Waals surface area (Å²) >= 11 is 0. The van der Waals surface area contributed by atoms with Gasteiger partial charge in [0.05, 0.1) is 6.61 Å². The van der Waals surface area contributed by atoms with Gasteiger partial charge in [-0.25, -0.2) is 4.39 Å². The van der Waals surface area contributed by atoms with Crippen LogP contribution in [-0.2, 0) is 4.74 Å². The second-order valence-electron chi connectivity index (χ2n) is 7.56. The molecule has 3 heterocycles. The number of hydrogen-bond donors (Lipinski definition) is 1. The Hall–Kier alpha value is -2.02. The fraction of sp³-hybridized carbons (Fsp3) is 0.478. The first-order chi connectivity index (χ1) is 14.3. The van der Waals surface area contributed by atoms with Crippen LogP contribution in [0.5, 0.6) is 17.2 Å². The highest BCUT2D eigenvalue weighted by atomic mass is 35.5. The third kappa shape index (κ3) is 6.00. The van der Waals surface area contributed by atoms with Gasteiger partial charge in [0.1, 0.15) is 11.6 Å². The van der Waals surface area contributed by atoms with Crippen LogP contribution >= 0.6 is 12.4 Å². The number of hydrogen-bond acceptors (Lipinski definition) is 5. The van der Waals surface area contributed by atoms with Crippen LogP contribution in [0, 0.1) is 11.7 Å². The predicted octanol–water partition coefficient (Wildman–Crippen LogP) is 4.55. The zero-order valence-corrected chi connectivity index (χ0v) is 17.8. The SMILES string of the molecule is C1CCOC1.Cl.Fc1ccc([C@@H]2CCNC[C@H]2COc2ccc3c(c2)OCO3)cc1. The van der Waals surface area contributed by atoms with Gasteiger partial charge in [0.25, 0.3) is 0 Å². The normalized spacial score (nSPS) is 21.9. The number of halogens is 2. The molecular weight excluding hydrogens is 409 g/mol. The van der Waals surface area contributed by atoms with Gasteiger partial charge in [-0.3, -0.25) is 0 Å². The summed E-state index contributed by atoms with van der Waals surface area (Å²) < 4.78 is 34.8. The van der Waals surface area contributed by atoms with Crippen molar-refractivity contribution in [2.24, 2.45) is 5.92 Å². The van der Waals surface area contributed by atoms with E-state index in [4.69, 9.17) is 18.9 Å². The number of piperidine rings is 1. The first-order valence-electron chi connectivity index (χ1n) is 10.4. The van der Waals surface area contributed by atoms with Crippen molar-refractivity contribution >= 4 is 12.4 Å². The van der Waals surface area contributed by atoms with Crippen molar-refractivity contribution in [2.75, 3.05) is 39.7 Å². The molecule has 164 valence electrons. The van der Waals surface area contributed by atoms with Crippen molar-refractivity contribution in [3.8, 4) is 17.2 Å². The molecule has 5 rings (SSSR count). The van der Waals surface area contributed by atoms with E-state index >= 15 is 0 Å². The highest BCUT2D eigenvalue weighted by Gasteiger charge is 2.27. The Bertz CT molecular complexity index is 778. The highest BCUT2D eigenvalue weighted by molar-refractivity contribution is 5.85. The smallest absolute Gasteiger partial charge is 0.231 e. The summed E-state index contributed by atoms with van der Waals surface area (Å²) in [6, 6.07) is 12.5. The van der Waals surface area contributed by atoms with Crippen LogP contribution in [0.15, 0.2) is 42.5 Å². The zero-order chi connectivity index (χ0) is 19.9. The minimum absolute atomic E-state index is 0. The van der Waals surface area contributed by atoms with Gasteiger partial charge in [-0.05, 0) is 61.6 Å². The van der Waals surface area contributed by atoms with Crippen LogP contribution in [0.4, 0.5) is 4.39 Å². The Morgan fingerprint density at radius 1 is 1.00 bits per heavy atom. The van der Waals surface area contributed by atoms with Gasteiger partial charge in [0.2, 0.25) is 6.79 Å². The van der Waals surface area contributed by atoms with Gasteiger partial charge in [-0.15, -0.1) is 12.4 Å². The molecular formula is C23H29ClFNO4. The average Bonchev–Trinajstić information content (AvgIpc) is 3.48. The summed E-state index contributed by atoms with van der Waals surface area (Å²) in [6.07, 6.45) is 3.58. The molecule has 0 spiro atoms. The number of fused-ring (bicyclic) bond motifs is 1. The second kappa shape index (κ2) is 11.4. The lowest BCUT2D eigenvalue weighted by molar-refractivity contribution is 0.173. The highest BCUT2D eigenvalue weighted by Crippen LogP contribution is 2.36. The van der Waals surface area contributed by atoms with E-state index in [1.54, 1.807) is 0 Å². The number of nitrogens with one attached hydrogen (secondary N) is 1. The molecule has 1 N–H and O–H groups in total. The maximum atomic E-state index is 13.2. The number of benzene rings is 2. The largest absolute Gasteiger partial charge is 0.493 e. The third-order valence-corrected chi connectivity index (χ3v) is 5.54. The number of rotatable bonds is 4. The molecule has 2 aromatic carbocycles. The minimum Gasteiger partial charge on any atom is -0.493 e. The van der Waals surface area contributed by atoms with Gasteiger partial charge < -0.3 is 24.3 Å². The van der Waals surface area contributed by atoms with Crippen molar-refractivity contribution in [1.29, 1.82) is 0 Å². The fourth-order valence-electron chi connectivity index (χ4n) is 3.93. The predicted molar refractivity (Wildman–Crippen MR) is 115 cm³/mol. The molecule has 2 fully saturated rings. The molecule has 0 amide bonds. The lowest BCUT2D eigenvalue weighted by atomic mass is 9.81. The Kier molecular flexibility index (Phi) is 8.61. The second-order valence-corrected chi connectivity index (χ2v) is 7.56. The van der Waals surface area contributed by atoms with Gasteiger partial charge in [0, 0.05) is 31.7 Å². The molecule has 7 heteroatoms. The van der Waals surface area contributed by atoms with Crippen LogP contribution in [0.1, 0.15) is 30.7 Å². The Balaban J connectivity index is 0.000000376. The lowest BCUT2D eigenvalue weighted by Crippen LogP contribution is -2.38. The molecule has 2 aromatic rings. The molecule has 2 atom stereocenters. The van der Waals surface area contributed by atoms with Crippen LogP contribution in [-0.4, -0.2) is 39.7 Å². The van der Waals surface area contributed by atoms with Crippen molar-refractivity contribution in [1.82, 2.24) is 5.32 Å². The van der Waals surface area contributed by atoms with Crippen molar-refractivity contribution in [2.45, 2.75) is 25.2 Å². The first kappa shape index (κ1) is 22.7. The van der Waals surface area contributed by atoms with E-state index in [2.05, 4.69) is 5.32 Å². The zero-order valence-electron chi connectivity index (χ0n) is 17.0. The van der Waals surface area contributed by atoms with Crippen molar-refractivity contribution in [3.05, 3.63) is 53.8 Å². The topological polar surface area (TPSA) is 49.0 Å². The summed E-state index contributed by atoms with van der Waals surface area (Å²) in [6.45, 7) is 4.74. The van der Waals surface area contributed by atoms with Gasteiger partial charge >= 0.3 is 0 Å². The van der Waals surface area contributed by atoms with E-state index in [0.717, 1.165) is 50.0 Å². The monoisotopic (exact) mass is 437 g/mol. The molecule has 0 aromatic heterocycles. The molecule has 0 radical (unpaired) electrons. The average molecular weight is 438 g/mol. The third-order valence-electron chi connectivity index (χ3n) is 5.54. The summed E-state index contributed by atoms with van der Waals surface area (Å²) in [5.41, 5.74) is 1.18. The van der Waals surface area contributed by atoms with Crippen LogP contribution in [0.2, 0.25) is 0 Å².